The van der Waals surface area contributed by atoms with Crippen molar-refractivity contribution < 1.29 is 9.59 Å². The normalized spacial score (nSPS) is 18.9. The Morgan fingerprint density at radius 2 is 1.65 bits per heavy atom. The summed E-state index contributed by atoms with van der Waals surface area (Å²) >= 11 is 0. The molecule has 0 aromatic carbocycles. The Balaban J connectivity index is 1.37. The van der Waals surface area contributed by atoms with Crippen molar-refractivity contribution in [1.29, 1.82) is 0 Å². The Kier molecular flexibility index (Phi) is 4.41. The molecular weight excluding hydrogens is 328 g/mol. The number of piperidine rings is 1. The average Bonchev–Trinajstić information content (AvgIpc) is 3.12. The van der Waals surface area contributed by atoms with Crippen LogP contribution in [0.5, 0.6) is 0 Å². The molecule has 2 aliphatic rings. The third kappa shape index (κ3) is 3.19. The van der Waals surface area contributed by atoms with E-state index in [0.29, 0.717) is 11.3 Å². The van der Waals surface area contributed by atoms with Gasteiger partial charge in [0, 0.05) is 44.8 Å². The van der Waals surface area contributed by atoms with Gasteiger partial charge < -0.3 is 9.80 Å². The minimum atomic E-state index is 0.00161. The van der Waals surface area contributed by atoms with E-state index in [1.807, 2.05) is 28.0 Å². The molecule has 0 bridgehead atoms. The van der Waals surface area contributed by atoms with Gasteiger partial charge in [-0.05, 0) is 48.9 Å². The molecule has 2 aromatic rings. The Morgan fingerprint density at radius 3 is 2.31 bits per heavy atom. The van der Waals surface area contributed by atoms with E-state index in [4.69, 9.17) is 0 Å². The molecule has 1 spiro atoms. The lowest BCUT2D eigenvalue weighted by atomic mass is 9.77. The molecule has 0 saturated carbocycles. The molecule has 26 heavy (non-hydrogen) atoms. The fraction of sp³-hybridized carbons (Fsp3) is 0.400. The zero-order chi connectivity index (χ0) is 18.0. The summed E-state index contributed by atoms with van der Waals surface area (Å²) in [6.07, 6.45) is 7.82. The monoisotopic (exact) mass is 350 g/mol. The number of amides is 2. The molecule has 0 atom stereocenters. The summed E-state index contributed by atoms with van der Waals surface area (Å²) in [4.78, 5) is 37.2. The minimum Gasteiger partial charge on any atom is -0.338 e. The molecule has 6 nitrogen and oxygen atoms in total. The van der Waals surface area contributed by atoms with Gasteiger partial charge in [-0.3, -0.25) is 19.6 Å². The summed E-state index contributed by atoms with van der Waals surface area (Å²) in [6.45, 7) is 3.00. The standard InChI is InChI=1S/C20H22N4O2/c25-18(16-4-3-9-21-14-16)24-13-8-20(15-24)6-11-23(12-7-20)19(26)17-5-1-2-10-22-17/h1-5,9-10,14H,6-8,11-13,15H2. The summed E-state index contributed by atoms with van der Waals surface area (Å²) < 4.78 is 0. The highest BCUT2D eigenvalue weighted by molar-refractivity contribution is 5.94. The lowest BCUT2D eigenvalue weighted by molar-refractivity contribution is 0.0561. The molecule has 2 fully saturated rings. The van der Waals surface area contributed by atoms with Gasteiger partial charge in [-0.25, -0.2) is 0 Å². The van der Waals surface area contributed by atoms with E-state index in [0.717, 1.165) is 45.4 Å². The van der Waals surface area contributed by atoms with Gasteiger partial charge in [0.15, 0.2) is 0 Å². The third-order valence-corrected chi connectivity index (χ3v) is 5.63. The highest BCUT2D eigenvalue weighted by Gasteiger charge is 2.43. The predicted molar refractivity (Wildman–Crippen MR) is 96.6 cm³/mol. The van der Waals surface area contributed by atoms with Gasteiger partial charge in [-0.2, -0.15) is 0 Å². The molecule has 134 valence electrons. The maximum Gasteiger partial charge on any atom is 0.272 e. The second-order valence-corrected chi connectivity index (χ2v) is 7.23. The first-order valence-electron chi connectivity index (χ1n) is 9.07. The van der Waals surface area contributed by atoms with Crippen molar-refractivity contribution in [3.05, 3.63) is 60.2 Å². The summed E-state index contributed by atoms with van der Waals surface area (Å²) in [5.74, 6) is 0.0590. The first-order chi connectivity index (χ1) is 12.7. The number of carbonyl (C=O) groups excluding carboxylic acids is 2. The maximum atomic E-state index is 12.6. The van der Waals surface area contributed by atoms with Crippen molar-refractivity contribution in [3.8, 4) is 0 Å². The maximum absolute atomic E-state index is 12.6. The molecule has 4 rings (SSSR count). The van der Waals surface area contributed by atoms with Crippen LogP contribution in [0.25, 0.3) is 0 Å². The highest BCUT2D eigenvalue weighted by atomic mass is 16.2. The molecule has 0 unspecified atom stereocenters. The number of carbonyl (C=O) groups is 2. The van der Waals surface area contributed by atoms with Crippen molar-refractivity contribution >= 4 is 11.8 Å². The van der Waals surface area contributed by atoms with E-state index in [9.17, 15) is 9.59 Å². The number of hydrogen-bond acceptors (Lipinski definition) is 4. The number of hydrogen-bond donors (Lipinski definition) is 0. The van der Waals surface area contributed by atoms with Gasteiger partial charge in [-0.15, -0.1) is 0 Å². The molecule has 2 amide bonds. The van der Waals surface area contributed by atoms with Crippen molar-refractivity contribution in [2.75, 3.05) is 26.2 Å². The van der Waals surface area contributed by atoms with Crippen LogP contribution >= 0.6 is 0 Å². The van der Waals surface area contributed by atoms with Gasteiger partial charge in [0.1, 0.15) is 5.69 Å². The van der Waals surface area contributed by atoms with Crippen LogP contribution in [-0.2, 0) is 0 Å². The van der Waals surface area contributed by atoms with E-state index >= 15 is 0 Å². The number of rotatable bonds is 2. The summed E-state index contributed by atoms with van der Waals surface area (Å²) in [6, 6.07) is 9.02. The molecular formula is C20H22N4O2. The number of aromatic nitrogens is 2. The Bertz CT molecular complexity index is 786. The van der Waals surface area contributed by atoms with Crippen LogP contribution in [0.2, 0.25) is 0 Å². The van der Waals surface area contributed by atoms with Gasteiger partial charge in [0.05, 0.1) is 5.56 Å². The molecule has 0 N–H and O–H groups in total. The zero-order valence-corrected chi connectivity index (χ0v) is 14.7. The lowest BCUT2D eigenvalue weighted by Gasteiger charge is -2.39. The number of pyridine rings is 2. The number of nitrogens with zero attached hydrogens (tertiary/aromatic N) is 4. The summed E-state index contributed by atoms with van der Waals surface area (Å²) in [7, 11) is 0. The quantitative estimate of drug-likeness (QED) is 0.833. The zero-order valence-electron chi connectivity index (χ0n) is 14.7. The third-order valence-electron chi connectivity index (χ3n) is 5.63. The van der Waals surface area contributed by atoms with Crippen LogP contribution in [0.1, 0.15) is 40.1 Å². The topological polar surface area (TPSA) is 66.4 Å². The first kappa shape index (κ1) is 16.7. The second kappa shape index (κ2) is 6.86. The second-order valence-electron chi connectivity index (χ2n) is 7.23. The predicted octanol–water partition coefficient (Wildman–Crippen LogP) is 2.25. The Labute approximate surface area is 152 Å². The molecule has 0 radical (unpaired) electrons. The Morgan fingerprint density at radius 1 is 0.885 bits per heavy atom. The van der Waals surface area contributed by atoms with Gasteiger partial charge in [0.25, 0.3) is 11.8 Å². The summed E-state index contributed by atoms with van der Waals surface area (Å²) in [5, 5.41) is 0. The SMILES string of the molecule is O=C(c1cccnc1)N1CCC2(CCN(C(=O)c3ccccn3)CC2)C1. The molecule has 2 aromatic heterocycles. The van der Waals surface area contributed by atoms with Crippen LogP contribution in [0.4, 0.5) is 0 Å². The van der Waals surface area contributed by atoms with Gasteiger partial charge in [0.2, 0.25) is 0 Å². The lowest BCUT2D eigenvalue weighted by Crippen LogP contribution is -2.44. The largest absolute Gasteiger partial charge is 0.338 e. The average molecular weight is 350 g/mol. The van der Waals surface area contributed by atoms with E-state index in [-0.39, 0.29) is 17.2 Å². The number of likely N-dealkylation sites (tertiary alicyclic amines) is 2. The highest BCUT2D eigenvalue weighted by Crippen LogP contribution is 2.40. The van der Waals surface area contributed by atoms with Crippen LogP contribution in [0, 0.1) is 5.41 Å². The van der Waals surface area contributed by atoms with Crippen molar-refractivity contribution in [2.45, 2.75) is 19.3 Å². The molecule has 2 aliphatic heterocycles. The minimum absolute atomic E-state index is 0.00161. The van der Waals surface area contributed by atoms with Crippen LogP contribution < -0.4 is 0 Å². The van der Waals surface area contributed by atoms with E-state index < -0.39 is 0 Å². The van der Waals surface area contributed by atoms with Crippen LogP contribution in [0.3, 0.4) is 0 Å². The fourth-order valence-corrected chi connectivity index (χ4v) is 4.02. The smallest absolute Gasteiger partial charge is 0.272 e. The van der Waals surface area contributed by atoms with E-state index in [2.05, 4.69) is 9.97 Å². The fourth-order valence-electron chi connectivity index (χ4n) is 4.02. The van der Waals surface area contributed by atoms with Gasteiger partial charge in [-0.1, -0.05) is 6.07 Å². The van der Waals surface area contributed by atoms with E-state index in [1.165, 1.54) is 0 Å². The molecule has 6 heteroatoms. The molecule has 0 aliphatic carbocycles. The first-order valence-corrected chi connectivity index (χ1v) is 9.07. The van der Waals surface area contributed by atoms with Crippen LogP contribution in [0.15, 0.2) is 48.9 Å². The van der Waals surface area contributed by atoms with Gasteiger partial charge >= 0.3 is 0 Å². The molecule has 4 heterocycles. The molecule has 2 saturated heterocycles. The van der Waals surface area contributed by atoms with Crippen molar-refractivity contribution in [3.63, 3.8) is 0 Å². The van der Waals surface area contributed by atoms with Crippen molar-refractivity contribution in [2.24, 2.45) is 5.41 Å². The van der Waals surface area contributed by atoms with Crippen molar-refractivity contribution in [1.82, 2.24) is 19.8 Å². The summed E-state index contributed by atoms with van der Waals surface area (Å²) in [5.41, 5.74) is 1.29. The van der Waals surface area contributed by atoms with E-state index in [1.54, 1.807) is 30.7 Å². The van der Waals surface area contributed by atoms with Crippen LogP contribution in [-0.4, -0.2) is 57.8 Å². The Hall–Kier alpha value is -2.76.